The number of carbonyl (C=O) groups excluding carboxylic acids is 1. The molecule has 0 aromatic carbocycles. The van der Waals surface area contributed by atoms with E-state index in [1.165, 1.54) is 75.4 Å². The van der Waals surface area contributed by atoms with Crippen molar-refractivity contribution in [1.29, 1.82) is 0 Å². The van der Waals surface area contributed by atoms with Crippen LogP contribution in [0.3, 0.4) is 0 Å². The number of pyridine rings is 1. The van der Waals surface area contributed by atoms with Gasteiger partial charge in [0.25, 0.3) is 0 Å². The molecule has 0 saturated heterocycles. The first-order chi connectivity index (χ1) is 21.8. The molecule has 0 amide bonds. The van der Waals surface area contributed by atoms with E-state index in [1.54, 1.807) is 6.20 Å². The van der Waals surface area contributed by atoms with Gasteiger partial charge in [-0.05, 0) is 147 Å². The first-order valence-corrected chi connectivity index (χ1v) is 18.7. The van der Waals surface area contributed by atoms with Gasteiger partial charge in [-0.1, -0.05) is 59.3 Å². The van der Waals surface area contributed by atoms with E-state index in [9.17, 15) is 4.79 Å². The number of hydrogen-bond acceptors (Lipinski definition) is 5. The maximum atomic E-state index is 13.4. The highest BCUT2D eigenvalue weighted by Crippen LogP contribution is 2.76. The second-order valence-electron chi connectivity index (χ2n) is 17.8. The summed E-state index contributed by atoms with van der Waals surface area (Å²) in [5.41, 5.74) is 10.7. The Morgan fingerprint density at radius 2 is 1.72 bits per heavy atom. The molecule has 5 nitrogen and oxygen atoms in total. The van der Waals surface area contributed by atoms with E-state index in [0.29, 0.717) is 47.7 Å². The average molecular weight is 629 g/mol. The van der Waals surface area contributed by atoms with Gasteiger partial charge in [0.2, 0.25) is 5.88 Å². The van der Waals surface area contributed by atoms with Gasteiger partial charge in [-0.25, -0.2) is 4.98 Å². The van der Waals surface area contributed by atoms with Crippen LogP contribution >= 0.6 is 0 Å². The molecule has 46 heavy (non-hydrogen) atoms. The van der Waals surface area contributed by atoms with Crippen LogP contribution in [0.5, 0.6) is 5.88 Å². The van der Waals surface area contributed by atoms with Crippen molar-refractivity contribution < 1.29 is 14.3 Å². The Morgan fingerprint density at radius 3 is 2.43 bits per heavy atom. The van der Waals surface area contributed by atoms with E-state index in [4.69, 9.17) is 15.2 Å². The molecular weight excluding hydrogens is 568 g/mol. The molecule has 0 bridgehead atoms. The molecule has 5 heteroatoms. The highest BCUT2D eigenvalue weighted by molar-refractivity contribution is 5.78. The number of carbonyl (C=O) groups is 1. The topological polar surface area (TPSA) is 74.4 Å². The summed E-state index contributed by atoms with van der Waals surface area (Å²) in [7, 11) is 0. The molecule has 9 atom stereocenters. The number of ether oxygens (including phenoxy) is 2. The molecule has 4 fully saturated rings. The minimum absolute atomic E-state index is 0.0940. The molecule has 1 heterocycles. The molecule has 252 valence electrons. The molecule has 4 saturated carbocycles. The van der Waals surface area contributed by atoms with E-state index >= 15 is 0 Å². The molecule has 1 aromatic rings. The minimum atomic E-state index is -0.675. The standard InChI is InChI=1S/C41H60N2O3/c1-7-45-35(44)40(27-46-34-12-8-9-26-43-34)22-15-28(16-23-40)29-17-20-37(4)32(36(29,2)3)18-21-39(6)33(37)14-13-30-31-11-10-19-41(31,42)25-24-38(30,39)5/h8-9,12,15,17,26,30-33H,7,10-11,13-14,16,18-25,27,42H2,1-6H3/t30?,31-,32?,33?,37?,38-,39?,40?,41?/m1/s1. The fourth-order valence-corrected chi connectivity index (χ4v) is 13.2. The van der Waals surface area contributed by atoms with Crippen molar-refractivity contribution in [2.24, 2.45) is 56.5 Å². The summed E-state index contributed by atoms with van der Waals surface area (Å²) >= 11 is 0. The van der Waals surface area contributed by atoms with Crippen molar-refractivity contribution in [2.45, 2.75) is 131 Å². The number of aromatic nitrogens is 1. The predicted octanol–water partition coefficient (Wildman–Crippen LogP) is 9.22. The third-order valence-electron chi connectivity index (χ3n) is 15.8. The molecule has 6 aliphatic rings. The zero-order chi connectivity index (χ0) is 32.6. The lowest BCUT2D eigenvalue weighted by Gasteiger charge is -2.72. The molecule has 7 unspecified atom stereocenters. The van der Waals surface area contributed by atoms with Gasteiger partial charge in [-0.3, -0.25) is 4.79 Å². The zero-order valence-electron chi connectivity index (χ0n) is 29.6. The van der Waals surface area contributed by atoms with Crippen LogP contribution in [0, 0.1) is 50.7 Å². The van der Waals surface area contributed by atoms with Crippen LogP contribution in [0.25, 0.3) is 0 Å². The Kier molecular flexibility index (Phi) is 7.90. The normalized spacial score (nSPS) is 44.4. The number of rotatable bonds is 6. The van der Waals surface area contributed by atoms with Gasteiger partial charge in [-0.2, -0.15) is 0 Å². The molecular formula is C41H60N2O3. The maximum Gasteiger partial charge on any atom is 0.315 e. The number of allylic oxidation sites excluding steroid dienone is 4. The van der Waals surface area contributed by atoms with Gasteiger partial charge < -0.3 is 15.2 Å². The summed E-state index contributed by atoms with van der Waals surface area (Å²) in [5.74, 6) is 3.36. The molecule has 7 rings (SSSR count). The highest BCUT2D eigenvalue weighted by atomic mass is 16.5. The van der Waals surface area contributed by atoms with E-state index in [1.807, 2.05) is 25.1 Å². The van der Waals surface area contributed by atoms with Gasteiger partial charge >= 0.3 is 5.97 Å². The highest BCUT2D eigenvalue weighted by Gasteiger charge is 2.69. The van der Waals surface area contributed by atoms with Crippen molar-refractivity contribution in [3.8, 4) is 5.88 Å². The minimum Gasteiger partial charge on any atom is -0.476 e. The van der Waals surface area contributed by atoms with Crippen LogP contribution in [0.4, 0.5) is 0 Å². The third-order valence-corrected chi connectivity index (χ3v) is 15.8. The second kappa shape index (κ2) is 11.2. The lowest BCUT2D eigenvalue weighted by Crippen LogP contribution is -2.66. The first-order valence-electron chi connectivity index (χ1n) is 18.7. The van der Waals surface area contributed by atoms with Crippen LogP contribution in [0.1, 0.15) is 125 Å². The van der Waals surface area contributed by atoms with Crippen LogP contribution in [-0.2, 0) is 9.53 Å². The Hall–Kier alpha value is -2.14. The summed E-state index contributed by atoms with van der Waals surface area (Å²) < 4.78 is 11.7. The van der Waals surface area contributed by atoms with Crippen LogP contribution < -0.4 is 10.5 Å². The van der Waals surface area contributed by atoms with Crippen molar-refractivity contribution in [3.63, 3.8) is 0 Å². The SMILES string of the molecule is CCOC(=O)C1(COc2ccccn2)CC=C(C2=CCC3(C)C(CCC4(C)C3CCC3[C@H]5CCCC5(N)CC[C@]34C)C2(C)C)CC1. The fourth-order valence-electron chi connectivity index (χ4n) is 13.2. The van der Waals surface area contributed by atoms with Crippen molar-refractivity contribution >= 4 is 5.97 Å². The summed E-state index contributed by atoms with van der Waals surface area (Å²) in [6.07, 6.45) is 22.1. The van der Waals surface area contributed by atoms with Crippen molar-refractivity contribution in [2.75, 3.05) is 13.2 Å². The Morgan fingerprint density at radius 1 is 0.891 bits per heavy atom. The summed E-state index contributed by atoms with van der Waals surface area (Å²) in [4.78, 5) is 17.7. The van der Waals surface area contributed by atoms with E-state index in [0.717, 1.165) is 30.6 Å². The lowest BCUT2D eigenvalue weighted by molar-refractivity contribution is -0.216. The number of nitrogens with zero attached hydrogens (tertiary/aromatic N) is 1. The van der Waals surface area contributed by atoms with Crippen molar-refractivity contribution in [3.05, 3.63) is 47.7 Å². The molecule has 2 N–H and O–H groups in total. The van der Waals surface area contributed by atoms with E-state index in [-0.39, 0.29) is 16.9 Å². The average Bonchev–Trinajstić information content (AvgIpc) is 3.43. The zero-order valence-corrected chi connectivity index (χ0v) is 29.6. The number of fused-ring (bicyclic) bond motifs is 7. The molecule has 1 aromatic heterocycles. The van der Waals surface area contributed by atoms with Crippen LogP contribution in [0.15, 0.2) is 47.7 Å². The fraction of sp³-hybridized carbons (Fsp3) is 0.756. The summed E-state index contributed by atoms with van der Waals surface area (Å²) in [6, 6.07) is 5.65. The van der Waals surface area contributed by atoms with Gasteiger partial charge in [-0.15, -0.1) is 0 Å². The number of hydrogen-bond donors (Lipinski definition) is 1. The number of esters is 1. The third kappa shape index (κ3) is 4.63. The Labute approximate surface area is 278 Å². The molecule has 0 spiro atoms. The van der Waals surface area contributed by atoms with Gasteiger partial charge in [0, 0.05) is 17.8 Å². The first kappa shape index (κ1) is 32.4. The monoisotopic (exact) mass is 628 g/mol. The Balaban J connectivity index is 1.14. The Bertz CT molecular complexity index is 1400. The van der Waals surface area contributed by atoms with Crippen molar-refractivity contribution in [1.82, 2.24) is 4.98 Å². The van der Waals surface area contributed by atoms with Crippen LogP contribution in [-0.4, -0.2) is 29.7 Å². The predicted molar refractivity (Wildman–Crippen MR) is 184 cm³/mol. The lowest BCUT2D eigenvalue weighted by atomic mass is 9.33. The summed E-state index contributed by atoms with van der Waals surface area (Å²) in [5, 5.41) is 0. The second-order valence-corrected chi connectivity index (χ2v) is 17.8. The largest absolute Gasteiger partial charge is 0.476 e. The molecule has 0 aliphatic heterocycles. The summed E-state index contributed by atoms with van der Waals surface area (Å²) in [6.45, 7) is 15.8. The number of nitrogens with two attached hydrogens (primary N) is 1. The van der Waals surface area contributed by atoms with Gasteiger partial charge in [0.15, 0.2) is 0 Å². The van der Waals surface area contributed by atoms with E-state index < -0.39 is 5.41 Å². The van der Waals surface area contributed by atoms with Gasteiger partial charge in [0.1, 0.15) is 12.0 Å². The van der Waals surface area contributed by atoms with E-state index in [2.05, 4.69) is 51.8 Å². The maximum absolute atomic E-state index is 13.4. The van der Waals surface area contributed by atoms with Crippen LogP contribution in [0.2, 0.25) is 0 Å². The van der Waals surface area contributed by atoms with Gasteiger partial charge in [0.05, 0.1) is 6.61 Å². The quantitative estimate of drug-likeness (QED) is 0.318. The molecule has 0 radical (unpaired) electrons. The smallest absolute Gasteiger partial charge is 0.315 e. The molecule has 6 aliphatic carbocycles.